The minimum atomic E-state index is -0.500. The Labute approximate surface area is 185 Å². The van der Waals surface area contributed by atoms with Crippen molar-refractivity contribution in [3.63, 3.8) is 0 Å². The topological polar surface area (TPSA) is 94.5 Å². The molecule has 154 valence electrons. The third-order valence-electron chi connectivity index (χ3n) is 5.52. The lowest BCUT2D eigenvalue weighted by atomic mass is 9.96. The van der Waals surface area contributed by atoms with E-state index >= 15 is 0 Å². The molecule has 3 aromatic heterocycles. The highest BCUT2D eigenvalue weighted by Gasteiger charge is 2.23. The van der Waals surface area contributed by atoms with Gasteiger partial charge in [-0.25, -0.2) is 4.98 Å². The van der Waals surface area contributed by atoms with Gasteiger partial charge in [0, 0.05) is 22.5 Å². The lowest BCUT2D eigenvalue weighted by molar-refractivity contribution is -0.112. The van der Waals surface area contributed by atoms with E-state index in [-0.39, 0.29) is 5.57 Å². The van der Waals surface area contributed by atoms with E-state index in [1.807, 2.05) is 48.7 Å². The van der Waals surface area contributed by atoms with Gasteiger partial charge >= 0.3 is 0 Å². The van der Waals surface area contributed by atoms with Gasteiger partial charge in [-0.05, 0) is 74.9 Å². The summed E-state index contributed by atoms with van der Waals surface area (Å²) in [6.07, 6.45) is 7.28. The number of amides is 1. The number of aryl methyl sites for hydroxylation is 2. The molecule has 4 rings (SSSR count). The first kappa shape index (κ1) is 20.6. The maximum Gasteiger partial charge on any atom is 0.266 e. The molecule has 0 atom stereocenters. The summed E-state index contributed by atoms with van der Waals surface area (Å²) in [5.41, 5.74) is 4.21. The van der Waals surface area contributed by atoms with Crippen LogP contribution in [-0.2, 0) is 17.6 Å². The van der Waals surface area contributed by atoms with E-state index in [2.05, 4.69) is 16.4 Å². The molecule has 1 aliphatic carbocycles. The molecule has 1 amide bonds. The number of pyridine rings is 1. The summed E-state index contributed by atoms with van der Waals surface area (Å²) in [6.45, 7) is 3.89. The van der Waals surface area contributed by atoms with Gasteiger partial charge in [0.25, 0.3) is 5.91 Å². The van der Waals surface area contributed by atoms with Crippen molar-refractivity contribution in [3.05, 3.63) is 69.0 Å². The fourth-order valence-corrected chi connectivity index (χ4v) is 5.25. The molecule has 0 spiro atoms. The fraction of sp³-hybridized carbons (Fsp3) is 0.250. The van der Waals surface area contributed by atoms with Gasteiger partial charge in [0.2, 0.25) is 0 Å². The predicted octanol–water partition coefficient (Wildman–Crippen LogP) is 4.85. The van der Waals surface area contributed by atoms with Crippen molar-refractivity contribution in [3.8, 4) is 18.0 Å². The second-order valence-electron chi connectivity index (χ2n) is 7.50. The second kappa shape index (κ2) is 8.59. The van der Waals surface area contributed by atoms with Crippen molar-refractivity contribution in [1.82, 2.24) is 9.55 Å². The van der Waals surface area contributed by atoms with E-state index < -0.39 is 5.91 Å². The summed E-state index contributed by atoms with van der Waals surface area (Å²) in [5.74, 6) is 0.281. The van der Waals surface area contributed by atoms with Gasteiger partial charge in [-0.3, -0.25) is 4.79 Å². The van der Waals surface area contributed by atoms with Crippen molar-refractivity contribution in [2.75, 3.05) is 5.32 Å². The number of fused-ring (bicyclic) bond motifs is 1. The monoisotopic (exact) mass is 427 g/mol. The Hall–Kier alpha value is -3.68. The maximum atomic E-state index is 12.9. The van der Waals surface area contributed by atoms with Crippen LogP contribution in [0.3, 0.4) is 0 Å². The quantitative estimate of drug-likeness (QED) is 0.476. The number of hydrogen-bond donors (Lipinski definition) is 1. The zero-order chi connectivity index (χ0) is 22.0. The molecular weight excluding hydrogens is 406 g/mol. The predicted molar refractivity (Wildman–Crippen MR) is 121 cm³/mol. The Morgan fingerprint density at radius 1 is 1.26 bits per heavy atom. The molecule has 0 bridgehead atoms. The molecule has 0 aliphatic heterocycles. The van der Waals surface area contributed by atoms with Crippen LogP contribution < -0.4 is 5.32 Å². The van der Waals surface area contributed by atoms with Gasteiger partial charge < -0.3 is 9.88 Å². The highest BCUT2D eigenvalue weighted by atomic mass is 32.1. The summed E-state index contributed by atoms with van der Waals surface area (Å²) in [6, 6.07) is 11.9. The first-order chi connectivity index (χ1) is 15.0. The minimum Gasteiger partial charge on any atom is -0.312 e. The number of aromatic nitrogens is 2. The molecule has 0 fully saturated rings. The van der Waals surface area contributed by atoms with Crippen LogP contribution in [0.4, 0.5) is 5.00 Å². The summed E-state index contributed by atoms with van der Waals surface area (Å²) in [7, 11) is 0. The lowest BCUT2D eigenvalue weighted by Crippen LogP contribution is -2.13. The third-order valence-corrected chi connectivity index (χ3v) is 6.73. The molecule has 3 heterocycles. The van der Waals surface area contributed by atoms with E-state index in [1.54, 1.807) is 12.3 Å². The van der Waals surface area contributed by atoms with E-state index in [0.717, 1.165) is 54.0 Å². The molecule has 3 aromatic rings. The highest BCUT2D eigenvalue weighted by molar-refractivity contribution is 7.16. The number of nitriles is 2. The van der Waals surface area contributed by atoms with E-state index in [1.165, 1.54) is 16.2 Å². The zero-order valence-corrected chi connectivity index (χ0v) is 18.2. The van der Waals surface area contributed by atoms with E-state index in [0.29, 0.717) is 10.6 Å². The van der Waals surface area contributed by atoms with Gasteiger partial charge in [0.15, 0.2) is 0 Å². The largest absolute Gasteiger partial charge is 0.312 e. The molecule has 1 aliphatic rings. The summed E-state index contributed by atoms with van der Waals surface area (Å²) < 4.78 is 1.99. The molecule has 0 saturated heterocycles. The van der Waals surface area contributed by atoms with Crippen LogP contribution in [0.2, 0.25) is 0 Å². The lowest BCUT2D eigenvalue weighted by Gasteiger charge is -2.09. The van der Waals surface area contributed by atoms with Gasteiger partial charge in [-0.2, -0.15) is 10.5 Å². The average Bonchev–Trinajstić information content (AvgIpc) is 3.27. The Balaban J connectivity index is 1.65. The van der Waals surface area contributed by atoms with Crippen LogP contribution in [0.1, 0.15) is 45.8 Å². The van der Waals surface area contributed by atoms with Crippen molar-refractivity contribution in [2.45, 2.75) is 39.5 Å². The van der Waals surface area contributed by atoms with Crippen LogP contribution in [-0.4, -0.2) is 15.5 Å². The molecule has 0 aromatic carbocycles. The highest BCUT2D eigenvalue weighted by Crippen LogP contribution is 2.37. The number of carbonyl (C=O) groups excluding carboxylic acids is 1. The normalized spacial score (nSPS) is 13.2. The van der Waals surface area contributed by atoms with Crippen molar-refractivity contribution < 1.29 is 4.79 Å². The van der Waals surface area contributed by atoms with Gasteiger partial charge in [-0.15, -0.1) is 11.3 Å². The van der Waals surface area contributed by atoms with E-state index in [4.69, 9.17) is 0 Å². The van der Waals surface area contributed by atoms with Crippen molar-refractivity contribution in [2.24, 2.45) is 0 Å². The molecular formula is C24H21N5OS. The number of rotatable bonds is 4. The summed E-state index contributed by atoms with van der Waals surface area (Å²) >= 11 is 1.45. The summed E-state index contributed by atoms with van der Waals surface area (Å²) in [4.78, 5) is 18.4. The third kappa shape index (κ3) is 3.88. The molecule has 31 heavy (non-hydrogen) atoms. The first-order valence-electron chi connectivity index (χ1n) is 10.1. The Morgan fingerprint density at radius 2 is 2.06 bits per heavy atom. The maximum absolute atomic E-state index is 12.9. The molecule has 1 N–H and O–H groups in total. The summed E-state index contributed by atoms with van der Waals surface area (Å²) in [5, 5.41) is 22.6. The zero-order valence-electron chi connectivity index (χ0n) is 17.4. The minimum absolute atomic E-state index is 0.00321. The number of nitrogens with one attached hydrogen (secondary N) is 1. The van der Waals surface area contributed by atoms with Crippen molar-refractivity contribution >= 4 is 28.3 Å². The molecule has 0 radical (unpaired) electrons. The van der Waals surface area contributed by atoms with Gasteiger partial charge in [0.05, 0.1) is 5.56 Å². The van der Waals surface area contributed by atoms with Crippen LogP contribution >= 0.6 is 11.3 Å². The Morgan fingerprint density at radius 3 is 2.77 bits per heavy atom. The first-order valence-corrected chi connectivity index (χ1v) is 10.9. The fourth-order valence-electron chi connectivity index (χ4n) is 4.02. The molecule has 0 unspecified atom stereocenters. The van der Waals surface area contributed by atoms with Gasteiger partial charge in [0.1, 0.15) is 28.5 Å². The average molecular weight is 428 g/mol. The Kier molecular flexibility index (Phi) is 5.70. The number of carbonyl (C=O) groups is 1. The van der Waals surface area contributed by atoms with Crippen molar-refractivity contribution in [1.29, 1.82) is 10.5 Å². The number of anilines is 1. The van der Waals surface area contributed by atoms with E-state index in [9.17, 15) is 15.3 Å². The molecule has 7 heteroatoms. The van der Waals surface area contributed by atoms with Crippen LogP contribution in [0.5, 0.6) is 0 Å². The SMILES string of the molecule is Cc1cc(/C=C(\C#N)C(=O)Nc2sc3c(c2C#N)CCCC3)c(C)n1-c1ccccn1. The standard InChI is InChI=1S/C24H21N5OS/c1-15-11-17(16(2)29(15)22-9-5-6-10-27-22)12-18(13-25)23(30)28-24-20(14-26)19-7-3-4-8-21(19)31-24/h5-6,9-12H,3-4,7-8H2,1-2H3,(H,28,30)/b18-12+. The number of thiophene rings is 1. The molecule has 0 saturated carbocycles. The van der Waals surface area contributed by atoms with Crippen LogP contribution in [0.25, 0.3) is 11.9 Å². The number of hydrogen-bond acceptors (Lipinski definition) is 5. The number of nitrogens with zero attached hydrogens (tertiary/aromatic N) is 4. The van der Waals surface area contributed by atoms with Crippen LogP contribution in [0, 0.1) is 36.5 Å². The molecule has 6 nitrogen and oxygen atoms in total. The van der Waals surface area contributed by atoms with Crippen LogP contribution in [0.15, 0.2) is 36.0 Å². The Bertz CT molecular complexity index is 1270. The van der Waals surface area contributed by atoms with Gasteiger partial charge in [-0.1, -0.05) is 6.07 Å². The smallest absolute Gasteiger partial charge is 0.266 e. The second-order valence-corrected chi connectivity index (χ2v) is 8.61.